The molecule has 2 aromatic carbocycles. The van der Waals surface area contributed by atoms with Gasteiger partial charge in [0.05, 0.1) is 24.1 Å². The second kappa shape index (κ2) is 7.73. The third-order valence-electron chi connectivity index (χ3n) is 3.10. The van der Waals surface area contributed by atoms with Crippen LogP contribution in [0.4, 0.5) is 17.1 Å². The fraction of sp³-hybridized carbons (Fsp3) is 0.125. The maximum Gasteiger partial charge on any atom is 0.337 e. The first-order valence-corrected chi connectivity index (χ1v) is 6.96. The zero-order chi connectivity index (χ0) is 17.5. The Kier molecular flexibility index (Phi) is 5.45. The number of amides is 1. The van der Waals surface area contributed by atoms with E-state index in [0.29, 0.717) is 16.9 Å². The van der Waals surface area contributed by atoms with Crippen molar-refractivity contribution in [2.75, 3.05) is 24.3 Å². The molecule has 0 atom stereocenters. The summed E-state index contributed by atoms with van der Waals surface area (Å²) in [6, 6.07) is 12.1. The second-order valence-electron chi connectivity index (χ2n) is 4.78. The highest BCUT2D eigenvalue weighted by Gasteiger charge is 2.08. The standard InChI is InChI=1S/C16H15N3O5/c1-24-16(21)11-5-7-12(8-6-11)18-15(20)10-17-13-3-2-4-14(9-13)19(22)23/h2-9,17H,10H2,1H3,(H,18,20). The highest BCUT2D eigenvalue weighted by Crippen LogP contribution is 2.17. The van der Waals surface area contributed by atoms with Crippen LogP contribution in [0.25, 0.3) is 0 Å². The van der Waals surface area contributed by atoms with E-state index in [1.54, 1.807) is 18.2 Å². The number of carbonyl (C=O) groups excluding carboxylic acids is 2. The fourth-order valence-electron chi connectivity index (χ4n) is 1.92. The maximum atomic E-state index is 11.9. The molecule has 24 heavy (non-hydrogen) atoms. The molecule has 0 aromatic heterocycles. The van der Waals surface area contributed by atoms with Gasteiger partial charge in [0, 0.05) is 23.5 Å². The van der Waals surface area contributed by atoms with Gasteiger partial charge in [-0.2, -0.15) is 0 Å². The Hall–Kier alpha value is -3.42. The summed E-state index contributed by atoms with van der Waals surface area (Å²) in [5.74, 6) is -0.785. The van der Waals surface area contributed by atoms with Gasteiger partial charge >= 0.3 is 5.97 Å². The zero-order valence-electron chi connectivity index (χ0n) is 12.8. The maximum absolute atomic E-state index is 11.9. The molecular formula is C16H15N3O5. The van der Waals surface area contributed by atoms with Crippen molar-refractivity contribution in [1.82, 2.24) is 0 Å². The van der Waals surface area contributed by atoms with Crippen molar-refractivity contribution >= 4 is 28.9 Å². The number of esters is 1. The van der Waals surface area contributed by atoms with E-state index in [2.05, 4.69) is 15.4 Å². The Labute approximate surface area is 137 Å². The molecule has 0 aliphatic carbocycles. The molecule has 124 valence electrons. The lowest BCUT2D eigenvalue weighted by atomic mass is 10.2. The highest BCUT2D eigenvalue weighted by atomic mass is 16.6. The van der Waals surface area contributed by atoms with Gasteiger partial charge < -0.3 is 15.4 Å². The first-order chi connectivity index (χ1) is 11.5. The fourth-order valence-corrected chi connectivity index (χ4v) is 1.92. The third-order valence-corrected chi connectivity index (χ3v) is 3.10. The number of nitrogens with zero attached hydrogens (tertiary/aromatic N) is 1. The average molecular weight is 329 g/mol. The molecular weight excluding hydrogens is 314 g/mol. The first-order valence-electron chi connectivity index (χ1n) is 6.96. The molecule has 2 rings (SSSR count). The first kappa shape index (κ1) is 16.9. The van der Waals surface area contributed by atoms with Crippen LogP contribution in [0.1, 0.15) is 10.4 Å². The van der Waals surface area contributed by atoms with E-state index in [-0.39, 0.29) is 18.1 Å². The number of nitrogens with one attached hydrogen (secondary N) is 2. The molecule has 0 radical (unpaired) electrons. The third kappa shape index (κ3) is 4.54. The highest BCUT2D eigenvalue weighted by molar-refractivity contribution is 5.95. The normalized spacial score (nSPS) is 9.88. The summed E-state index contributed by atoms with van der Waals surface area (Å²) in [4.78, 5) is 33.4. The van der Waals surface area contributed by atoms with E-state index in [9.17, 15) is 19.7 Å². The lowest BCUT2D eigenvalue weighted by Crippen LogP contribution is -2.21. The van der Waals surface area contributed by atoms with E-state index >= 15 is 0 Å². The Morgan fingerprint density at radius 3 is 2.46 bits per heavy atom. The number of rotatable bonds is 6. The topological polar surface area (TPSA) is 111 Å². The SMILES string of the molecule is COC(=O)c1ccc(NC(=O)CNc2cccc([N+](=O)[O-])c2)cc1. The summed E-state index contributed by atoms with van der Waals surface area (Å²) in [6.45, 7) is -0.0556. The van der Waals surface area contributed by atoms with E-state index in [1.807, 2.05) is 0 Å². The van der Waals surface area contributed by atoms with Gasteiger partial charge in [0.15, 0.2) is 0 Å². The summed E-state index contributed by atoms with van der Waals surface area (Å²) in [6.07, 6.45) is 0. The minimum atomic E-state index is -0.506. The predicted octanol–water partition coefficient (Wildman–Crippen LogP) is 2.43. The molecule has 0 aliphatic heterocycles. The molecule has 8 nitrogen and oxygen atoms in total. The largest absolute Gasteiger partial charge is 0.465 e. The van der Waals surface area contributed by atoms with Crippen molar-refractivity contribution in [3.63, 3.8) is 0 Å². The van der Waals surface area contributed by atoms with Gasteiger partial charge in [0.25, 0.3) is 5.69 Å². The van der Waals surface area contributed by atoms with Crippen LogP contribution in [0.5, 0.6) is 0 Å². The van der Waals surface area contributed by atoms with Crippen LogP contribution in [0.2, 0.25) is 0 Å². The van der Waals surface area contributed by atoms with Gasteiger partial charge in [-0.3, -0.25) is 14.9 Å². The summed E-state index contributed by atoms with van der Waals surface area (Å²) in [7, 11) is 1.29. The number of ether oxygens (including phenoxy) is 1. The average Bonchev–Trinajstić information content (AvgIpc) is 2.60. The Balaban J connectivity index is 1.90. The minimum absolute atomic E-state index is 0.0556. The Morgan fingerprint density at radius 1 is 1.12 bits per heavy atom. The van der Waals surface area contributed by atoms with Crippen molar-refractivity contribution in [3.05, 3.63) is 64.2 Å². The summed E-state index contributed by atoms with van der Waals surface area (Å²) in [5, 5.41) is 16.1. The van der Waals surface area contributed by atoms with Crippen LogP contribution in [0, 0.1) is 10.1 Å². The van der Waals surface area contributed by atoms with Gasteiger partial charge in [0.2, 0.25) is 5.91 Å². The van der Waals surface area contributed by atoms with Crippen molar-refractivity contribution in [1.29, 1.82) is 0 Å². The molecule has 2 aromatic rings. The van der Waals surface area contributed by atoms with Crippen LogP contribution in [0.15, 0.2) is 48.5 Å². The molecule has 0 fully saturated rings. The van der Waals surface area contributed by atoms with E-state index in [1.165, 1.54) is 37.4 Å². The molecule has 2 N–H and O–H groups in total. The van der Waals surface area contributed by atoms with E-state index in [0.717, 1.165) is 0 Å². The molecule has 0 saturated heterocycles. The minimum Gasteiger partial charge on any atom is -0.465 e. The van der Waals surface area contributed by atoms with Crippen LogP contribution < -0.4 is 10.6 Å². The van der Waals surface area contributed by atoms with Crippen LogP contribution in [-0.4, -0.2) is 30.5 Å². The van der Waals surface area contributed by atoms with Crippen molar-refractivity contribution in [3.8, 4) is 0 Å². The molecule has 0 unspecified atom stereocenters. The van der Waals surface area contributed by atoms with E-state index < -0.39 is 10.9 Å². The van der Waals surface area contributed by atoms with Crippen LogP contribution >= 0.6 is 0 Å². The molecule has 1 amide bonds. The van der Waals surface area contributed by atoms with Gasteiger partial charge in [-0.1, -0.05) is 6.07 Å². The number of nitro groups is 1. The predicted molar refractivity (Wildman–Crippen MR) is 88.0 cm³/mol. The van der Waals surface area contributed by atoms with Gasteiger partial charge in [-0.05, 0) is 30.3 Å². The number of nitro benzene ring substituents is 1. The smallest absolute Gasteiger partial charge is 0.337 e. The Morgan fingerprint density at radius 2 is 1.83 bits per heavy atom. The lowest BCUT2D eigenvalue weighted by Gasteiger charge is -2.08. The molecule has 0 bridgehead atoms. The number of anilines is 2. The monoisotopic (exact) mass is 329 g/mol. The lowest BCUT2D eigenvalue weighted by molar-refractivity contribution is -0.384. The van der Waals surface area contributed by atoms with Crippen molar-refractivity contribution in [2.45, 2.75) is 0 Å². The van der Waals surface area contributed by atoms with Crippen molar-refractivity contribution in [2.24, 2.45) is 0 Å². The van der Waals surface area contributed by atoms with Gasteiger partial charge in [0.1, 0.15) is 0 Å². The molecule has 0 aliphatic rings. The Bertz CT molecular complexity index is 759. The summed E-state index contributed by atoms with van der Waals surface area (Å²) in [5.41, 5.74) is 1.32. The van der Waals surface area contributed by atoms with Crippen LogP contribution in [-0.2, 0) is 9.53 Å². The number of hydrogen-bond acceptors (Lipinski definition) is 6. The van der Waals surface area contributed by atoms with E-state index in [4.69, 9.17) is 0 Å². The molecule has 0 heterocycles. The second-order valence-corrected chi connectivity index (χ2v) is 4.78. The molecule has 0 saturated carbocycles. The quantitative estimate of drug-likeness (QED) is 0.478. The number of carbonyl (C=O) groups is 2. The number of benzene rings is 2. The zero-order valence-corrected chi connectivity index (χ0v) is 12.8. The summed E-state index contributed by atoms with van der Waals surface area (Å²) >= 11 is 0. The van der Waals surface area contributed by atoms with Gasteiger partial charge in [-0.25, -0.2) is 4.79 Å². The number of hydrogen-bond donors (Lipinski definition) is 2. The molecule has 8 heteroatoms. The van der Waals surface area contributed by atoms with Gasteiger partial charge in [-0.15, -0.1) is 0 Å². The summed E-state index contributed by atoms with van der Waals surface area (Å²) < 4.78 is 4.59. The number of non-ortho nitro benzene ring substituents is 1. The van der Waals surface area contributed by atoms with Crippen molar-refractivity contribution < 1.29 is 19.2 Å². The number of methoxy groups -OCH3 is 1. The molecule has 0 spiro atoms. The van der Waals surface area contributed by atoms with Crippen LogP contribution in [0.3, 0.4) is 0 Å².